The lowest BCUT2D eigenvalue weighted by Gasteiger charge is -2.13. The molecule has 0 spiro atoms. The molecular formula is C16H18O2. The van der Waals surface area contributed by atoms with E-state index in [0.29, 0.717) is 5.75 Å². The minimum atomic E-state index is -0.128. The molecule has 0 aliphatic carbocycles. The SMILES string of the molecule is CCC(CC)C(=O)Oc1cccc2ccccc12. The second-order valence-electron chi connectivity index (χ2n) is 4.41. The van der Waals surface area contributed by atoms with E-state index in [1.165, 1.54) is 0 Å². The van der Waals surface area contributed by atoms with Crippen molar-refractivity contribution in [1.29, 1.82) is 0 Å². The lowest BCUT2D eigenvalue weighted by Crippen LogP contribution is -2.19. The van der Waals surface area contributed by atoms with Gasteiger partial charge in [-0.25, -0.2) is 0 Å². The third kappa shape index (κ3) is 2.53. The number of benzene rings is 2. The maximum absolute atomic E-state index is 12.0. The Morgan fingerprint density at radius 3 is 2.44 bits per heavy atom. The van der Waals surface area contributed by atoms with E-state index in [1.807, 2.05) is 56.3 Å². The largest absolute Gasteiger partial charge is 0.426 e. The number of hydrogen-bond donors (Lipinski definition) is 0. The van der Waals surface area contributed by atoms with Gasteiger partial charge in [-0.1, -0.05) is 50.2 Å². The molecular weight excluding hydrogens is 224 g/mol. The molecule has 0 aliphatic rings. The van der Waals surface area contributed by atoms with Gasteiger partial charge in [0.1, 0.15) is 5.75 Å². The van der Waals surface area contributed by atoms with Crippen molar-refractivity contribution in [2.75, 3.05) is 0 Å². The predicted octanol–water partition coefficient (Wildman–Crippen LogP) is 4.18. The number of ether oxygens (including phenoxy) is 1. The van der Waals surface area contributed by atoms with E-state index in [0.717, 1.165) is 23.6 Å². The van der Waals surface area contributed by atoms with Gasteiger partial charge in [0, 0.05) is 5.39 Å². The van der Waals surface area contributed by atoms with Crippen LogP contribution in [0, 0.1) is 5.92 Å². The number of hydrogen-bond acceptors (Lipinski definition) is 2. The normalized spacial score (nSPS) is 10.8. The topological polar surface area (TPSA) is 26.3 Å². The van der Waals surface area contributed by atoms with Gasteiger partial charge in [0.25, 0.3) is 0 Å². The Morgan fingerprint density at radius 2 is 1.72 bits per heavy atom. The molecule has 2 aromatic carbocycles. The number of esters is 1. The maximum Gasteiger partial charge on any atom is 0.314 e. The molecule has 2 aromatic rings. The lowest BCUT2D eigenvalue weighted by molar-refractivity contribution is -0.139. The minimum absolute atomic E-state index is 0.0102. The summed E-state index contributed by atoms with van der Waals surface area (Å²) in [5.41, 5.74) is 0. The highest BCUT2D eigenvalue weighted by Crippen LogP contribution is 2.26. The maximum atomic E-state index is 12.0. The molecule has 2 heteroatoms. The Kier molecular flexibility index (Phi) is 3.98. The van der Waals surface area contributed by atoms with E-state index in [-0.39, 0.29) is 11.9 Å². The van der Waals surface area contributed by atoms with Crippen molar-refractivity contribution in [3.05, 3.63) is 42.5 Å². The van der Waals surface area contributed by atoms with E-state index in [9.17, 15) is 4.79 Å². The Hall–Kier alpha value is -1.83. The van der Waals surface area contributed by atoms with Crippen molar-refractivity contribution in [2.45, 2.75) is 26.7 Å². The van der Waals surface area contributed by atoms with Gasteiger partial charge in [-0.05, 0) is 24.3 Å². The number of carbonyl (C=O) groups excluding carboxylic acids is 1. The van der Waals surface area contributed by atoms with E-state index in [1.54, 1.807) is 0 Å². The average Bonchev–Trinajstić information content (AvgIpc) is 2.40. The van der Waals surface area contributed by atoms with Gasteiger partial charge in [0.2, 0.25) is 0 Å². The highest BCUT2D eigenvalue weighted by molar-refractivity contribution is 5.90. The first-order valence-corrected chi connectivity index (χ1v) is 6.45. The molecule has 0 bridgehead atoms. The van der Waals surface area contributed by atoms with Crippen LogP contribution in [0.4, 0.5) is 0 Å². The molecule has 0 atom stereocenters. The monoisotopic (exact) mass is 242 g/mol. The molecule has 0 aromatic heterocycles. The van der Waals surface area contributed by atoms with Crippen LogP contribution < -0.4 is 4.74 Å². The van der Waals surface area contributed by atoms with Crippen LogP contribution in [-0.4, -0.2) is 5.97 Å². The van der Waals surface area contributed by atoms with Gasteiger partial charge >= 0.3 is 5.97 Å². The summed E-state index contributed by atoms with van der Waals surface area (Å²) >= 11 is 0. The van der Waals surface area contributed by atoms with Crippen molar-refractivity contribution in [1.82, 2.24) is 0 Å². The van der Waals surface area contributed by atoms with Gasteiger partial charge < -0.3 is 4.74 Å². The Balaban J connectivity index is 2.29. The summed E-state index contributed by atoms with van der Waals surface area (Å²) in [7, 11) is 0. The van der Waals surface area contributed by atoms with Crippen molar-refractivity contribution in [3.8, 4) is 5.75 Å². The van der Waals surface area contributed by atoms with E-state index < -0.39 is 0 Å². The van der Waals surface area contributed by atoms with Gasteiger partial charge in [-0.15, -0.1) is 0 Å². The first kappa shape index (κ1) is 12.6. The van der Waals surface area contributed by atoms with Crippen molar-refractivity contribution >= 4 is 16.7 Å². The predicted molar refractivity (Wildman–Crippen MR) is 73.7 cm³/mol. The zero-order valence-electron chi connectivity index (χ0n) is 10.8. The Labute approximate surface area is 108 Å². The molecule has 0 saturated carbocycles. The molecule has 18 heavy (non-hydrogen) atoms. The minimum Gasteiger partial charge on any atom is -0.426 e. The van der Waals surface area contributed by atoms with Gasteiger partial charge in [-0.3, -0.25) is 4.79 Å². The summed E-state index contributed by atoms with van der Waals surface area (Å²) in [6.07, 6.45) is 1.64. The summed E-state index contributed by atoms with van der Waals surface area (Å²) in [6.45, 7) is 4.02. The zero-order valence-corrected chi connectivity index (χ0v) is 10.8. The highest BCUT2D eigenvalue weighted by Gasteiger charge is 2.17. The van der Waals surface area contributed by atoms with E-state index >= 15 is 0 Å². The van der Waals surface area contributed by atoms with Crippen molar-refractivity contribution < 1.29 is 9.53 Å². The van der Waals surface area contributed by atoms with Crippen LogP contribution in [0.25, 0.3) is 10.8 Å². The van der Waals surface area contributed by atoms with Crippen molar-refractivity contribution in [2.24, 2.45) is 5.92 Å². The van der Waals surface area contributed by atoms with Crippen LogP contribution in [0.1, 0.15) is 26.7 Å². The molecule has 0 saturated heterocycles. The Bertz CT molecular complexity index is 536. The molecule has 0 radical (unpaired) electrons. The van der Waals surface area contributed by atoms with Crippen LogP contribution in [0.5, 0.6) is 5.75 Å². The van der Waals surface area contributed by atoms with Crippen LogP contribution in [0.3, 0.4) is 0 Å². The first-order valence-electron chi connectivity index (χ1n) is 6.45. The molecule has 0 heterocycles. The Morgan fingerprint density at radius 1 is 1.06 bits per heavy atom. The van der Waals surface area contributed by atoms with Crippen LogP contribution >= 0.6 is 0 Å². The fraction of sp³-hybridized carbons (Fsp3) is 0.312. The fourth-order valence-electron chi connectivity index (χ4n) is 2.10. The van der Waals surface area contributed by atoms with Gasteiger partial charge in [0.15, 0.2) is 0 Å². The number of fused-ring (bicyclic) bond motifs is 1. The molecule has 0 N–H and O–H groups in total. The van der Waals surface area contributed by atoms with Crippen LogP contribution in [0.15, 0.2) is 42.5 Å². The third-order valence-electron chi connectivity index (χ3n) is 3.28. The molecule has 0 aliphatic heterocycles. The molecule has 0 fully saturated rings. The molecule has 2 nitrogen and oxygen atoms in total. The second kappa shape index (κ2) is 5.67. The molecule has 0 unspecified atom stereocenters. The average molecular weight is 242 g/mol. The highest BCUT2D eigenvalue weighted by atomic mass is 16.5. The number of rotatable bonds is 4. The van der Waals surface area contributed by atoms with Crippen LogP contribution in [-0.2, 0) is 4.79 Å². The summed E-state index contributed by atoms with van der Waals surface area (Å²) in [4.78, 5) is 12.0. The quantitative estimate of drug-likeness (QED) is 0.594. The smallest absolute Gasteiger partial charge is 0.314 e. The summed E-state index contributed by atoms with van der Waals surface area (Å²) in [6, 6.07) is 13.7. The summed E-state index contributed by atoms with van der Waals surface area (Å²) in [5, 5.41) is 2.08. The first-order chi connectivity index (χ1) is 8.76. The second-order valence-corrected chi connectivity index (χ2v) is 4.41. The third-order valence-corrected chi connectivity index (χ3v) is 3.28. The zero-order chi connectivity index (χ0) is 13.0. The summed E-state index contributed by atoms with van der Waals surface area (Å²) in [5.74, 6) is 0.519. The standard InChI is InChI=1S/C16H18O2/c1-3-12(4-2)16(17)18-15-11-7-9-13-8-5-6-10-14(13)15/h5-12H,3-4H2,1-2H3. The molecule has 94 valence electrons. The van der Waals surface area contributed by atoms with Gasteiger partial charge in [0.05, 0.1) is 5.92 Å². The van der Waals surface area contributed by atoms with E-state index in [2.05, 4.69) is 0 Å². The molecule has 2 rings (SSSR count). The summed E-state index contributed by atoms with van der Waals surface area (Å²) < 4.78 is 5.53. The fourth-order valence-corrected chi connectivity index (χ4v) is 2.10. The molecule has 0 amide bonds. The van der Waals surface area contributed by atoms with Crippen LogP contribution in [0.2, 0.25) is 0 Å². The van der Waals surface area contributed by atoms with E-state index in [4.69, 9.17) is 4.74 Å². The van der Waals surface area contributed by atoms with Crippen molar-refractivity contribution in [3.63, 3.8) is 0 Å². The number of carbonyl (C=O) groups is 1. The lowest BCUT2D eigenvalue weighted by atomic mass is 10.0. The van der Waals surface area contributed by atoms with Gasteiger partial charge in [-0.2, -0.15) is 0 Å².